The minimum Gasteiger partial charge on any atom is -0.310 e. The van der Waals surface area contributed by atoms with Crippen LogP contribution in [0.5, 0.6) is 0 Å². The van der Waals surface area contributed by atoms with Crippen molar-refractivity contribution in [2.45, 2.75) is 20.3 Å². The molecule has 5 heteroatoms. The van der Waals surface area contributed by atoms with E-state index in [1.807, 2.05) is 6.92 Å². The Hall–Kier alpha value is -1.68. The van der Waals surface area contributed by atoms with Crippen molar-refractivity contribution in [3.8, 4) is 11.3 Å². The van der Waals surface area contributed by atoms with Crippen LogP contribution in [0.25, 0.3) is 11.3 Å². The molecule has 0 fully saturated rings. The first-order valence-electron chi connectivity index (χ1n) is 5.58. The topological polar surface area (TPSA) is 45.8 Å². The molecule has 2 rings (SSSR count). The van der Waals surface area contributed by atoms with Crippen LogP contribution in [0.4, 0.5) is 4.39 Å². The third kappa shape index (κ3) is 2.29. The molecule has 0 saturated carbocycles. The number of aromatic nitrogens is 2. The highest BCUT2D eigenvalue weighted by Crippen LogP contribution is 2.25. The first-order chi connectivity index (χ1) is 8.52. The SMILES string of the molecule is CCc1nc(-c2ccc(Cl)cc2F)c(C)c(=O)[nH]1. The zero-order chi connectivity index (χ0) is 13.3. The third-order valence-corrected chi connectivity index (χ3v) is 2.96. The van der Waals surface area contributed by atoms with Crippen LogP contribution < -0.4 is 5.56 Å². The van der Waals surface area contributed by atoms with E-state index in [4.69, 9.17) is 11.6 Å². The molecule has 0 amide bonds. The predicted octanol–water partition coefficient (Wildman–Crippen LogP) is 3.10. The maximum absolute atomic E-state index is 13.8. The van der Waals surface area contributed by atoms with Gasteiger partial charge in [0.05, 0.1) is 5.69 Å². The van der Waals surface area contributed by atoms with Gasteiger partial charge in [0.2, 0.25) is 0 Å². The van der Waals surface area contributed by atoms with Crippen LogP contribution in [-0.4, -0.2) is 9.97 Å². The van der Waals surface area contributed by atoms with Crippen LogP contribution in [0, 0.1) is 12.7 Å². The van der Waals surface area contributed by atoms with E-state index in [-0.39, 0.29) is 11.1 Å². The van der Waals surface area contributed by atoms with Gasteiger partial charge in [-0.1, -0.05) is 18.5 Å². The monoisotopic (exact) mass is 266 g/mol. The molecule has 0 atom stereocenters. The molecule has 0 aliphatic rings. The number of hydrogen-bond donors (Lipinski definition) is 1. The highest BCUT2D eigenvalue weighted by Gasteiger charge is 2.13. The van der Waals surface area contributed by atoms with Crippen LogP contribution in [0.15, 0.2) is 23.0 Å². The fourth-order valence-corrected chi connectivity index (χ4v) is 1.85. The van der Waals surface area contributed by atoms with Crippen molar-refractivity contribution in [2.75, 3.05) is 0 Å². The van der Waals surface area contributed by atoms with Crippen molar-refractivity contribution in [3.63, 3.8) is 0 Å². The first-order valence-corrected chi connectivity index (χ1v) is 5.96. The summed E-state index contributed by atoms with van der Waals surface area (Å²) >= 11 is 5.71. The Labute approximate surface area is 109 Å². The number of nitrogens with zero attached hydrogens (tertiary/aromatic N) is 1. The van der Waals surface area contributed by atoms with E-state index in [0.717, 1.165) is 0 Å². The van der Waals surface area contributed by atoms with Gasteiger partial charge in [-0.15, -0.1) is 0 Å². The number of H-pyrrole nitrogens is 1. The Morgan fingerprint density at radius 3 is 2.78 bits per heavy atom. The molecular formula is C13H12ClFN2O. The number of aryl methyl sites for hydroxylation is 1. The van der Waals surface area contributed by atoms with Gasteiger partial charge in [0.15, 0.2) is 0 Å². The van der Waals surface area contributed by atoms with Gasteiger partial charge >= 0.3 is 0 Å². The predicted molar refractivity (Wildman–Crippen MR) is 69.4 cm³/mol. The van der Waals surface area contributed by atoms with Gasteiger partial charge in [-0.25, -0.2) is 9.37 Å². The number of hydrogen-bond acceptors (Lipinski definition) is 2. The maximum Gasteiger partial charge on any atom is 0.254 e. The van der Waals surface area contributed by atoms with Gasteiger partial charge in [-0.2, -0.15) is 0 Å². The van der Waals surface area contributed by atoms with Crippen LogP contribution in [0.1, 0.15) is 18.3 Å². The Kier molecular flexibility index (Phi) is 3.48. The van der Waals surface area contributed by atoms with Crippen molar-refractivity contribution >= 4 is 11.6 Å². The number of nitrogens with one attached hydrogen (secondary N) is 1. The summed E-state index contributed by atoms with van der Waals surface area (Å²) in [6.07, 6.45) is 0.581. The molecule has 3 nitrogen and oxygen atoms in total. The van der Waals surface area contributed by atoms with Crippen molar-refractivity contribution in [1.29, 1.82) is 0 Å². The lowest BCUT2D eigenvalue weighted by Gasteiger charge is -2.08. The zero-order valence-electron chi connectivity index (χ0n) is 10.1. The number of rotatable bonds is 2. The van der Waals surface area contributed by atoms with Gasteiger partial charge in [-0.05, 0) is 25.1 Å². The quantitative estimate of drug-likeness (QED) is 0.908. The fourth-order valence-electron chi connectivity index (χ4n) is 1.69. The van der Waals surface area contributed by atoms with Crippen LogP contribution in [-0.2, 0) is 6.42 Å². The molecule has 0 radical (unpaired) electrons. The van der Waals surface area contributed by atoms with Gasteiger partial charge in [0, 0.05) is 22.6 Å². The van der Waals surface area contributed by atoms with Gasteiger partial charge in [-0.3, -0.25) is 4.79 Å². The number of halogens is 2. The molecule has 0 aliphatic heterocycles. The Bertz CT molecular complexity index is 652. The highest BCUT2D eigenvalue weighted by atomic mass is 35.5. The summed E-state index contributed by atoms with van der Waals surface area (Å²) < 4.78 is 13.8. The highest BCUT2D eigenvalue weighted by molar-refractivity contribution is 6.30. The Balaban J connectivity index is 2.70. The molecule has 1 heterocycles. The molecular weight excluding hydrogens is 255 g/mol. The number of aromatic amines is 1. The zero-order valence-corrected chi connectivity index (χ0v) is 10.8. The van der Waals surface area contributed by atoms with Crippen molar-refractivity contribution in [1.82, 2.24) is 9.97 Å². The Morgan fingerprint density at radius 1 is 1.44 bits per heavy atom. The van der Waals surface area contributed by atoms with Gasteiger partial charge in [0.25, 0.3) is 5.56 Å². The average molecular weight is 267 g/mol. The Morgan fingerprint density at radius 2 is 2.17 bits per heavy atom. The lowest BCUT2D eigenvalue weighted by molar-refractivity contribution is 0.630. The van der Waals surface area contributed by atoms with Gasteiger partial charge in [0.1, 0.15) is 11.6 Å². The van der Waals surface area contributed by atoms with Crippen LogP contribution in [0.2, 0.25) is 5.02 Å². The van der Waals surface area contributed by atoms with Gasteiger partial charge < -0.3 is 4.98 Å². The standard InChI is InChI=1S/C13H12ClFN2O/c1-3-11-16-12(7(2)13(18)17-11)9-5-4-8(14)6-10(9)15/h4-6H,3H2,1-2H3,(H,16,17,18). The van der Waals surface area contributed by atoms with E-state index in [1.54, 1.807) is 13.0 Å². The van der Waals surface area contributed by atoms with E-state index in [9.17, 15) is 9.18 Å². The van der Waals surface area contributed by atoms with Crippen LogP contribution >= 0.6 is 11.6 Å². The van der Waals surface area contributed by atoms with Crippen molar-refractivity contribution in [2.24, 2.45) is 0 Å². The second-order valence-corrected chi connectivity index (χ2v) is 4.40. The fraction of sp³-hybridized carbons (Fsp3) is 0.231. The molecule has 0 unspecified atom stereocenters. The molecule has 2 aromatic rings. The minimum absolute atomic E-state index is 0.244. The van der Waals surface area contributed by atoms with E-state index >= 15 is 0 Å². The number of benzene rings is 1. The molecule has 0 saturated heterocycles. The molecule has 0 aliphatic carbocycles. The summed E-state index contributed by atoms with van der Waals surface area (Å²) in [6.45, 7) is 3.49. The maximum atomic E-state index is 13.8. The summed E-state index contributed by atoms with van der Waals surface area (Å²) in [7, 11) is 0. The molecule has 94 valence electrons. The van der Waals surface area contributed by atoms with Crippen LogP contribution in [0.3, 0.4) is 0 Å². The normalized spacial score (nSPS) is 10.7. The summed E-state index contributed by atoms with van der Waals surface area (Å²) in [4.78, 5) is 18.7. The lowest BCUT2D eigenvalue weighted by Crippen LogP contribution is -2.16. The average Bonchev–Trinajstić information content (AvgIpc) is 2.33. The molecule has 1 aromatic heterocycles. The smallest absolute Gasteiger partial charge is 0.254 e. The summed E-state index contributed by atoms with van der Waals surface area (Å²) in [5, 5.41) is 0.314. The van der Waals surface area contributed by atoms with E-state index < -0.39 is 5.82 Å². The first kappa shape index (κ1) is 12.8. The molecule has 1 aromatic carbocycles. The third-order valence-electron chi connectivity index (χ3n) is 2.72. The second-order valence-electron chi connectivity index (χ2n) is 3.96. The summed E-state index contributed by atoms with van der Waals surface area (Å²) in [6, 6.07) is 4.32. The van der Waals surface area contributed by atoms with E-state index in [2.05, 4.69) is 9.97 Å². The van der Waals surface area contributed by atoms with E-state index in [0.29, 0.717) is 28.5 Å². The molecule has 0 spiro atoms. The van der Waals surface area contributed by atoms with E-state index in [1.165, 1.54) is 12.1 Å². The lowest BCUT2D eigenvalue weighted by atomic mass is 10.1. The largest absolute Gasteiger partial charge is 0.310 e. The molecule has 1 N–H and O–H groups in total. The summed E-state index contributed by atoms with van der Waals surface area (Å²) in [5.74, 6) is 0.0562. The second kappa shape index (κ2) is 4.90. The molecule has 18 heavy (non-hydrogen) atoms. The summed E-state index contributed by atoms with van der Waals surface area (Å²) in [5.41, 5.74) is 0.807. The van der Waals surface area contributed by atoms with Crippen molar-refractivity contribution < 1.29 is 4.39 Å². The molecule has 0 bridgehead atoms. The van der Waals surface area contributed by atoms with Crippen molar-refractivity contribution in [3.05, 3.63) is 50.8 Å². The minimum atomic E-state index is -0.481.